The molecule has 1 aliphatic carbocycles. The number of hydrogen-bond acceptors (Lipinski definition) is 7. The van der Waals surface area contributed by atoms with E-state index < -0.39 is 5.60 Å². The fraction of sp³-hybridized carbons (Fsp3) is 0.348. The van der Waals surface area contributed by atoms with Crippen molar-refractivity contribution in [2.45, 2.75) is 45.3 Å². The molecule has 0 fully saturated rings. The van der Waals surface area contributed by atoms with Crippen molar-refractivity contribution in [3.63, 3.8) is 0 Å². The maximum Gasteiger partial charge on any atom is 0.270 e. The molecule has 7 heteroatoms. The first-order valence-corrected chi connectivity index (χ1v) is 10.0. The lowest BCUT2D eigenvalue weighted by atomic mass is 10.0. The molecule has 30 heavy (non-hydrogen) atoms. The molecule has 154 valence electrons. The topological polar surface area (TPSA) is 93.2 Å². The Bertz CT molecular complexity index is 1080. The molecule has 1 unspecified atom stereocenters. The molecule has 0 spiro atoms. The van der Waals surface area contributed by atoms with Crippen molar-refractivity contribution in [2.75, 3.05) is 6.61 Å². The van der Waals surface area contributed by atoms with Gasteiger partial charge in [0.2, 0.25) is 5.82 Å². The Balaban J connectivity index is 1.61. The van der Waals surface area contributed by atoms with E-state index >= 15 is 0 Å². The number of nitriles is 1. The van der Waals surface area contributed by atoms with Crippen molar-refractivity contribution in [1.29, 1.82) is 5.26 Å². The summed E-state index contributed by atoms with van der Waals surface area (Å²) in [5.74, 6) is 1.36. The van der Waals surface area contributed by atoms with Crippen LogP contribution in [-0.4, -0.2) is 16.7 Å². The Labute approximate surface area is 175 Å². The second kappa shape index (κ2) is 8.27. The standard InChI is InChI=1S/C23H24N4O3/c1-4-28-26-19-13-12-16-17(19)9-7-10-18(16)21-25-22(30-27-21)23(2,3)29-20-11-6-5-8-15(20)14-24/h5-11,19,26H,4,12-13H2,1-3H3. The fourth-order valence-corrected chi connectivity index (χ4v) is 3.71. The van der Waals surface area contributed by atoms with Crippen LogP contribution in [0.25, 0.3) is 11.4 Å². The number of nitrogens with one attached hydrogen (secondary N) is 1. The molecule has 4 rings (SSSR count). The van der Waals surface area contributed by atoms with Crippen LogP contribution in [0.2, 0.25) is 0 Å². The summed E-state index contributed by atoms with van der Waals surface area (Å²) in [7, 11) is 0. The number of hydroxylamine groups is 1. The molecule has 7 nitrogen and oxygen atoms in total. The van der Waals surface area contributed by atoms with Gasteiger partial charge in [-0.15, -0.1) is 0 Å². The largest absolute Gasteiger partial charge is 0.477 e. The van der Waals surface area contributed by atoms with Crippen LogP contribution in [0.15, 0.2) is 47.0 Å². The number of benzene rings is 2. The minimum Gasteiger partial charge on any atom is -0.477 e. The molecule has 0 saturated carbocycles. The summed E-state index contributed by atoms with van der Waals surface area (Å²) >= 11 is 0. The minimum absolute atomic E-state index is 0.161. The number of fused-ring (bicyclic) bond motifs is 1. The highest BCUT2D eigenvalue weighted by molar-refractivity contribution is 5.63. The van der Waals surface area contributed by atoms with Crippen molar-refractivity contribution in [3.05, 3.63) is 65.0 Å². The highest BCUT2D eigenvalue weighted by Gasteiger charge is 2.32. The first kappa shape index (κ1) is 20.1. The Morgan fingerprint density at radius 3 is 2.87 bits per heavy atom. The van der Waals surface area contributed by atoms with Crippen LogP contribution >= 0.6 is 0 Å². The van der Waals surface area contributed by atoms with Crippen LogP contribution in [0.5, 0.6) is 5.75 Å². The van der Waals surface area contributed by atoms with Crippen molar-refractivity contribution < 1.29 is 14.1 Å². The molecular formula is C23H24N4O3. The zero-order valence-electron chi connectivity index (χ0n) is 17.3. The quantitative estimate of drug-likeness (QED) is 0.581. The lowest BCUT2D eigenvalue weighted by molar-refractivity contribution is 0.0244. The average molecular weight is 404 g/mol. The number of hydrogen-bond donors (Lipinski definition) is 1. The summed E-state index contributed by atoms with van der Waals surface area (Å²) in [5, 5.41) is 13.5. The molecule has 3 aromatic rings. The second-order valence-electron chi connectivity index (χ2n) is 7.66. The average Bonchev–Trinajstić information content (AvgIpc) is 3.40. The van der Waals surface area contributed by atoms with E-state index in [1.54, 1.807) is 18.2 Å². The van der Waals surface area contributed by atoms with Crippen LogP contribution in [0.3, 0.4) is 0 Å². The van der Waals surface area contributed by atoms with Gasteiger partial charge in [-0.05, 0) is 56.9 Å². The van der Waals surface area contributed by atoms with Gasteiger partial charge in [-0.1, -0.05) is 35.5 Å². The normalized spacial score (nSPS) is 15.6. The lowest BCUT2D eigenvalue weighted by Gasteiger charge is -2.22. The summed E-state index contributed by atoms with van der Waals surface area (Å²) in [6.45, 7) is 6.26. The molecule has 1 N–H and O–H groups in total. The Morgan fingerprint density at radius 1 is 1.23 bits per heavy atom. The van der Waals surface area contributed by atoms with Gasteiger partial charge >= 0.3 is 0 Å². The van der Waals surface area contributed by atoms with Gasteiger partial charge in [0.25, 0.3) is 5.89 Å². The third kappa shape index (κ3) is 3.80. The Morgan fingerprint density at radius 2 is 2.07 bits per heavy atom. The van der Waals surface area contributed by atoms with Crippen LogP contribution in [-0.2, 0) is 16.9 Å². The van der Waals surface area contributed by atoms with Crippen LogP contribution in [0.1, 0.15) is 55.8 Å². The number of rotatable bonds is 7. The highest BCUT2D eigenvalue weighted by Crippen LogP contribution is 2.37. The Hall–Kier alpha value is -3.21. The second-order valence-corrected chi connectivity index (χ2v) is 7.66. The summed E-state index contributed by atoms with van der Waals surface area (Å²) < 4.78 is 11.6. The van der Waals surface area contributed by atoms with Gasteiger partial charge in [-0.25, -0.2) is 0 Å². The van der Waals surface area contributed by atoms with E-state index in [1.807, 2.05) is 39.0 Å². The zero-order valence-corrected chi connectivity index (χ0v) is 17.3. The molecule has 0 radical (unpaired) electrons. The minimum atomic E-state index is -0.894. The predicted molar refractivity (Wildman–Crippen MR) is 110 cm³/mol. The van der Waals surface area contributed by atoms with Gasteiger partial charge < -0.3 is 14.1 Å². The first-order valence-electron chi connectivity index (χ1n) is 10.0. The molecular weight excluding hydrogens is 380 g/mol. The number of para-hydroxylation sites is 1. The van der Waals surface area contributed by atoms with Crippen LogP contribution in [0, 0.1) is 11.3 Å². The van der Waals surface area contributed by atoms with Crippen LogP contribution in [0.4, 0.5) is 0 Å². The smallest absolute Gasteiger partial charge is 0.270 e. The predicted octanol–water partition coefficient (Wildman–Crippen LogP) is 4.45. The van der Waals surface area contributed by atoms with Crippen molar-refractivity contribution in [2.24, 2.45) is 0 Å². The third-order valence-corrected chi connectivity index (χ3v) is 5.20. The lowest BCUT2D eigenvalue weighted by Crippen LogP contribution is -2.26. The van der Waals surface area contributed by atoms with E-state index in [4.69, 9.17) is 14.1 Å². The maximum atomic E-state index is 9.31. The third-order valence-electron chi connectivity index (χ3n) is 5.20. The maximum absolute atomic E-state index is 9.31. The highest BCUT2D eigenvalue weighted by atomic mass is 16.6. The molecule has 1 heterocycles. The number of nitrogens with zero attached hydrogens (tertiary/aromatic N) is 3. The monoisotopic (exact) mass is 404 g/mol. The van der Waals surface area contributed by atoms with Crippen molar-refractivity contribution >= 4 is 0 Å². The van der Waals surface area contributed by atoms with Gasteiger partial charge in [0, 0.05) is 5.56 Å². The summed E-state index contributed by atoms with van der Waals surface area (Å²) in [5.41, 5.74) is 6.05. The van der Waals surface area contributed by atoms with Gasteiger partial charge in [-0.3, -0.25) is 0 Å². The van der Waals surface area contributed by atoms with Gasteiger partial charge in [0.15, 0.2) is 5.60 Å². The molecule has 1 atom stereocenters. The van der Waals surface area contributed by atoms with E-state index in [2.05, 4.69) is 27.8 Å². The zero-order chi connectivity index (χ0) is 21.1. The molecule has 1 aromatic heterocycles. The van der Waals surface area contributed by atoms with E-state index in [-0.39, 0.29) is 6.04 Å². The van der Waals surface area contributed by atoms with Gasteiger partial charge in [-0.2, -0.15) is 15.7 Å². The van der Waals surface area contributed by atoms with Gasteiger partial charge in [0.1, 0.15) is 11.8 Å². The SMILES string of the molecule is CCONC1CCc2c(-c3noc(C(C)(C)Oc4ccccc4C#N)n3)cccc21. The summed E-state index contributed by atoms with van der Waals surface area (Å²) in [6.07, 6.45) is 1.87. The first-order chi connectivity index (χ1) is 14.5. The summed E-state index contributed by atoms with van der Waals surface area (Å²) in [6, 6.07) is 15.5. The van der Waals surface area contributed by atoms with Crippen LogP contribution < -0.4 is 10.2 Å². The number of ether oxygens (including phenoxy) is 1. The van der Waals surface area contributed by atoms with E-state index in [9.17, 15) is 5.26 Å². The van der Waals surface area contributed by atoms with Gasteiger partial charge in [0.05, 0.1) is 18.2 Å². The molecule has 0 bridgehead atoms. The molecule has 1 aliphatic rings. The Kier molecular flexibility index (Phi) is 5.53. The van der Waals surface area contributed by atoms with E-state index in [1.165, 1.54) is 11.1 Å². The molecule has 2 aromatic carbocycles. The molecule has 0 saturated heterocycles. The summed E-state index contributed by atoms with van der Waals surface area (Å²) in [4.78, 5) is 10.0. The van der Waals surface area contributed by atoms with E-state index in [0.29, 0.717) is 29.6 Å². The van der Waals surface area contributed by atoms with Crippen molar-refractivity contribution in [1.82, 2.24) is 15.6 Å². The molecule has 0 amide bonds. The molecule has 0 aliphatic heterocycles. The van der Waals surface area contributed by atoms with E-state index in [0.717, 1.165) is 18.4 Å². The van der Waals surface area contributed by atoms with Crippen molar-refractivity contribution in [3.8, 4) is 23.2 Å². The number of aromatic nitrogens is 2. The fourth-order valence-electron chi connectivity index (χ4n) is 3.71.